The molecule has 1 aliphatic heterocycles. The molecule has 1 aliphatic carbocycles. The predicted octanol–water partition coefficient (Wildman–Crippen LogP) is 4.03. The fourth-order valence-electron chi connectivity index (χ4n) is 4.65. The number of ketones is 1. The summed E-state index contributed by atoms with van der Waals surface area (Å²) in [6.45, 7) is -0.111. The number of benzene rings is 1. The summed E-state index contributed by atoms with van der Waals surface area (Å²) in [5, 5.41) is 1.92. The second-order valence-electron chi connectivity index (χ2n) is 8.69. The number of carbonyl (C=O) groups excluding carboxylic acids is 1. The molecule has 1 atom stereocenters. The first-order valence-electron chi connectivity index (χ1n) is 11.2. The molecule has 190 valence electrons. The van der Waals surface area contributed by atoms with E-state index in [-0.39, 0.29) is 41.6 Å². The van der Waals surface area contributed by atoms with Crippen LogP contribution in [0.4, 0.5) is 14.5 Å². The van der Waals surface area contributed by atoms with E-state index >= 15 is 0 Å². The zero-order valence-corrected chi connectivity index (χ0v) is 21.0. The van der Waals surface area contributed by atoms with Gasteiger partial charge in [0.15, 0.2) is 5.01 Å². The number of halogens is 2. The molecule has 12 heteroatoms. The van der Waals surface area contributed by atoms with E-state index in [4.69, 9.17) is 5.73 Å². The zero-order valence-electron chi connectivity index (χ0n) is 19.3. The van der Waals surface area contributed by atoms with E-state index in [9.17, 15) is 22.0 Å². The number of thiazole rings is 1. The lowest BCUT2D eigenvalue weighted by molar-refractivity contribution is 0.0776. The second-order valence-corrected chi connectivity index (χ2v) is 11.5. The Morgan fingerprint density at radius 3 is 2.65 bits per heavy atom. The lowest BCUT2D eigenvalue weighted by Crippen LogP contribution is -2.53. The Kier molecular flexibility index (Phi) is 6.56. The summed E-state index contributed by atoms with van der Waals surface area (Å²) in [4.78, 5) is 26.1. The minimum Gasteiger partial charge on any atom is -0.404 e. The van der Waals surface area contributed by atoms with Gasteiger partial charge in [-0.2, -0.15) is 4.31 Å². The van der Waals surface area contributed by atoms with Gasteiger partial charge >= 0.3 is 0 Å². The van der Waals surface area contributed by atoms with Gasteiger partial charge in [0, 0.05) is 30.9 Å². The molecule has 1 fully saturated rings. The van der Waals surface area contributed by atoms with Crippen molar-refractivity contribution >= 4 is 38.5 Å². The minimum atomic E-state index is -4.15. The topological polar surface area (TPSA) is 119 Å². The number of nitrogens with zero attached hydrogens (tertiary/aromatic N) is 4. The summed E-state index contributed by atoms with van der Waals surface area (Å²) in [7, 11) is -4.15. The first-order valence-corrected chi connectivity index (χ1v) is 13.6. The standard InChI is InChI=1S/C25H21F2N5O3S2/c26-18-1-3-20(4-2-18)31-22-9-17-5-7-32(37(34,35)21-10-19(27)13-29-14-21)15-25(17,11-16(22)12-28)23(33)24-30-6-8-36-24/h1-4,6,8-10,12-14H,5,7,11,15,28H2/b16-12-,31-22?/t25-/m0/s1. The highest BCUT2D eigenvalue weighted by Crippen LogP contribution is 2.48. The highest BCUT2D eigenvalue weighted by molar-refractivity contribution is 7.89. The van der Waals surface area contributed by atoms with Crippen molar-refractivity contribution < 1.29 is 22.0 Å². The molecular weight excluding hydrogens is 520 g/mol. The molecule has 2 N–H and O–H groups in total. The van der Waals surface area contributed by atoms with Crippen molar-refractivity contribution in [2.24, 2.45) is 16.1 Å². The summed E-state index contributed by atoms with van der Waals surface area (Å²) >= 11 is 1.16. The number of aromatic nitrogens is 2. The van der Waals surface area contributed by atoms with E-state index in [1.54, 1.807) is 11.5 Å². The van der Waals surface area contributed by atoms with Crippen molar-refractivity contribution in [3.05, 3.63) is 94.4 Å². The number of hydrogen-bond donors (Lipinski definition) is 1. The van der Waals surface area contributed by atoms with Crippen LogP contribution in [0, 0.1) is 17.0 Å². The number of hydrogen-bond acceptors (Lipinski definition) is 8. The third kappa shape index (κ3) is 4.63. The Balaban J connectivity index is 1.61. The van der Waals surface area contributed by atoms with Crippen LogP contribution in [-0.4, -0.2) is 47.3 Å². The molecule has 2 aliphatic rings. The normalized spacial score (nSPS) is 22.6. The fourth-order valence-corrected chi connectivity index (χ4v) is 6.80. The molecular formula is C25H21F2N5O3S2. The van der Waals surface area contributed by atoms with Crippen molar-refractivity contribution in [1.29, 1.82) is 0 Å². The minimum absolute atomic E-state index is 0.0725. The number of allylic oxidation sites excluding steroid dienone is 2. The van der Waals surface area contributed by atoms with Crippen LogP contribution in [0.2, 0.25) is 0 Å². The number of piperidine rings is 1. The van der Waals surface area contributed by atoms with E-state index in [1.165, 1.54) is 41.0 Å². The Labute approximate surface area is 215 Å². The van der Waals surface area contributed by atoms with Gasteiger partial charge in [0.1, 0.15) is 16.5 Å². The molecule has 0 radical (unpaired) electrons. The molecule has 8 nitrogen and oxygen atoms in total. The lowest BCUT2D eigenvalue weighted by atomic mass is 9.65. The number of Topliss-reactive ketones (excluding diaryl/α,β-unsaturated/α-hetero) is 1. The lowest BCUT2D eigenvalue weighted by Gasteiger charge is -2.45. The number of aliphatic imine (C=N–C) groups is 1. The molecule has 0 amide bonds. The summed E-state index contributed by atoms with van der Waals surface area (Å²) in [5.74, 6) is -1.50. The maximum absolute atomic E-state index is 13.9. The smallest absolute Gasteiger partial charge is 0.244 e. The van der Waals surface area contributed by atoms with E-state index in [2.05, 4.69) is 15.0 Å². The molecule has 5 rings (SSSR count). The molecule has 1 saturated heterocycles. The Morgan fingerprint density at radius 1 is 1.19 bits per heavy atom. The van der Waals surface area contributed by atoms with Gasteiger partial charge in [-0.15, -0.1) is 11.3 Å². The van der Waals surface area contributed by atoms with E-state index in [1.807, 2.05) is 0 Å². The number of carbonyl (C=O) groups is 1. The van der Waals surface area contributed by atoms with Gasteiger partial charge in [0.25, 0.3) is 0 Å². The van der Waals surface area contributed by atoms with Crippen LogP contribution in [-0.2, 0) is 10.0 Å². The number of pyridine rings is 1. The van der Waals surface area contributed by atoms with E-state index < -0.39 is 27.1 Å². The van der Waals surface area contributed by atoms with Crippen LogP contribution in [0.25, 0.3) is 0 Å². The van der Waals surface area contributed by atoms with Crippen molar-refractivity contribution in [2.45, 2.75) is 17.7 Å². The number of nitrogens with two attached hydrogens (primary N) is 1. The number of fused-ring (bicyclic) bond motifs is 1. The van der Waals surface area contributed by atoms with Crippen LogP contribution in [0.3, 0.4) is 0 Å². The van der Waals surface area contributed by atoms with Crippen molar-refractivity contribution in [3.63, 3.8) is 0 Å². The van der Waals surface area contributed by atoms with Crippen LogP contribution < -0.4 is 5.73 Å². The molecule has 3 heterocycles. The largest absolute Gasteiger partial charge is 0.404 e. The van der Waals surface area contributed by atoms with Crippen molar-refractivity contribution in [3.8, 4) is 0 Å². The average Bonchev–Trinajstić information content (AvgIpc) is 3.44. The average molecular weight is 542 g/mol. The van der Waals surface area contributed by atoms with Gasteiger partial charge in [-0.05, 0) is 61.0 Å². The van der Waals surface area contributed by atoms with Crippen LogP contribution in [0.5, 0.6) is 0 Å². The molecule has 0 bridgehead atoms. The Morgan fingerprint density at radius 2 is 1.97 bits per heavy atom. The SMILES string of the molecule is N/C=C1/C[C@]2(C(=O)c3nccs3)CN(S(=O)(=O)c3cncc(F)c3)CCC2=CC1=Nc1ccc(F)cc1. The maximum atomic E-state index is 13.9. The monoisotopic (exact) mass is 541 g/mol. The van der Waals surface area contributed by atoms with Crippen molar-refractivity contribution in [1.82, 2.24) is 14.3 Å². The molecule has 2 aromatic heterocycles. The van der Waals surface area contributed by atoms with Crippen molar-refractivity contribution in [2.75, 3.05) is 13.1 Å². The highest BCUT2D eigenvalue weighted by atomic mass is 32.2. The molecule has 0 saturated carbocycles. The number of sulfonamides is 1. The molecule has 1 aromatic carbocycles. The third-order valence-electron chi connectivity index (χ3n) is 6.48. The molecule has 37 heavy (non-hydrogen) atoms. The third-order valence-corrected chi connectivity index (χ3v) is 9.06. The summed E-state index contributed by atoms with van der Waals surface area (Å²) in [6.07, 6.45) is 6.93. The van der Waals surface area contributed by atoms with Gasteiger partial charge in [0.2, 0.25) is 15.8 Å². The quantitative estimate of drug-likeness (QED) is 0.488. The van der Waals surface area contributed by atoms with Gasteiger partial charge < -0.3 is 5.73 Å². The second kappa shape index (κ2) is 9.69. The molecule has 0 unspecified atom stereocenters. The van der Waals surface area contributed by atoms with Crippen LogP contribution in [0.15, 0.2) is 87.6 Å². The van der Waals surface area contributed by atoms with Gasteiger partial charge in [0.05, 0.1) is 23.0 Å². The summed E-state index contributed by atoms with van der Waals surface area (Å²) in [5.41, 5.74) is 6.93. The first-order chi connectivity index (χ1) is 17.7. The Hall–Kier alpha value is -3.61. The van der Waals surface area contributed by atoms with E-state index in [0.717, 1.165) is 29.8 Å². The predicted molar refractivity (Wildman–Crippen MR) is 135 cm³/mol. The highest BCUT2D eigenvalue weighted by Gasteiger charge is 2.51. The zero-order chi connectivity index (χ0) is 26.2. The molecule has 3 aromatic rings. The van der Waals surface area contributed by atoms with Gasteiger partial charge in [-0.3, -0.25) is 9.78 Å². The van der Waals surface area contributed by atoms with E-state index in [0.29, 0.717) is 22.5 Å². The molecule has 0 spiro atoms. The fraction of sp³-hybridized carbons (Fsp3) is 0.200. The van der Waals surface area contributed by atoms with Gasteiger partial charge in [-0.1, -0.05) is 5.57 Å². The number of rotatable bonds is 5. The maximum Gasteiger partial charge on any atom is 0.244 e. The van der Waals surface area contributed by atoms with Crippen LogP contribution in [0.1, 0.15) is 22.6 Å². The summed E-state index contributed by atoms with van der Waals surface area (Å²) < 4.78 is 55.2. The van der Waals surface area contributed by atoms with Gasteiger partial charge in [-0.25, -0.2) is 27.2 Å². The summed E-state index contributed by atoms with van der Waals surface area (Å²) in [6, 6.07) is 6.55. The first kappa shape index (κ1) is 25.1. The van der Waals surface area contributed by atoms with Crippen LogP contribution >= 0.6 is 11.3 Å². The Bertz CT molecular complexity index is 1550.